The Morgan fingerprint density at radius 1 is 1.04 bits per heavy atom. The molecule has 0 radical (unpaired) electrons. The van der Waals surface area contributed by atoms with Gasteiger partial charge in [-0.1, -0.05) is 36.4 Å². The minimum absolute atomic E-state index is 0.0367. The predicted octanol–water partition coefficient (Wildman–Crippen LogP) is 2.45. The van der Waals surface area contributed by atoms with Crippen molar-refractivity contribution < 1.29 is 18.3 Å². The minimum atomic E-state index is -3.54. The van der Waals surface area contributed by atoms with Crippen LogP contribution in [0.4, 0.5) is 0 Å². The van der Waals surface area contributed by atoms with Gasteiger partial charge in [0.25, 0.3) is 0 Å². The lowest BCUT2D eigenvalue weighted by molar-refractivity contribution is -0.136. The first-order chi connectivity index (χ1) is 11.5. The molecule has 1 N–H and O–H groups in total. The quantitative estimate of drug-likeness (QED) is 0.903. The van der Waals surface area contributed by atoms with E-state index in [1.807, 2.05) is 24.3 Å². The first-order valence-corrected chi connectivity index (χ1v) is 9.28. The van der Waals surface area contributed by atoms with Gasteiger partial charge >= 0.3 is 5.97 Å². The third-order valence-corrected chi connectivity index (χ3v) is 6.14. The van der Waals surface area contributed by atoms with Gasteiger partial charge in [-0.25, -0.2) is 8.42 Å². The van der Waals surface area contributed by atoms with Gasteiger partial charge < -0.3 is 5.11 Å². The largest absolute Gasteiger partial charge is 0.481 e. The van der Waals surface area contributed by atoms with Crippen molar-refractivity contribution in [2.45, 2.75) is 30.7 Å². The molecule has 0 amide bonds. The van der Waals surface area contributed by atoms with Crippen molar-refractivity contribution in [2.24, 2.45) is 0 Å². The minimum Gasteiger partial charge on any atom is -0.481 e. The fourth-order valence-electron chi connectivity index (χ4n) is 2.90. The van der Waals surface area contributed by atoms with Crippen LogP contribution in [-0.4, -0.2) is 30.3 Å². The fraction of sp³-hybridized carbons (Fsp3) is 0.278. The van der Waals surface area contributed by atoms with E-state index in [0.717, 1.165) is 11.1 Å². The lowest BCUT2D eigenvalue weighted by Crippen LogP contribution is -2.35. The Labute approximate surface area is 141 Å². The van der Waals surface area contributed by atoms with Crippen LogP contribution in [0.25, 0.3) is 0 Å². The average Bonchev–Trinajstić information content (AvgIpc) is 2.60. The Morgan fingerprint density at radius 2 is 1.71 bits per heavy atom. The molecule has 0 aromatic heterocycles. The van der Waals surface area contributed by atoms with Crippen molar-refractivity contribution >= 4 is 16.0 Å². The lowest BCUT2D eigenvalue weighted by atomic mass is 10.0. The zero-order valence-electron chi connectivity index (χ0n) is 13.2. The molecule has 0 spiro atoms. The van der Waals surface area contributed by atoms with E-state index >= 15 is 0 Å². The maximum absolute atomic E-state index is 12.8. The van der Waals surface area contributed by atoms with E-state index in [1.165, 1.54) is 9.87 Å². The lowest BCUT2D eigenvalue weighted by Gasteiger charge is -2.28. The summed E-state index contributed by atoms with van der Waals surface area (Å²) in [6, 6.07) is 14.4. The van der Waals surface area contributed by atoms with E-state index in [9.17, 15) is 13.2 Å². The monoisotopic (exact) mass is 345 g/mol. The molecular weight excluding hydrogens is 326 g/mol. The molecule has 0 saturated carbocycles. The molecule has 1 aliphatic rings. The normalized spacial score (nSPS) is 15.0. The van der Waals surface area contributed by atoms with E-state index in [4.69, 9.17) is 5.11 Å². The summed E-state index contributed by atoms with van der Waals surface area (Å²) in [5, 5.41) is 8.71. The summed E-state index contributed by atoms with van der Waals surface area (Å²) in [7, 11) is -3.54. The molecule has 0 aliphatic carbocycles. The van der Waals surface area contributed by atoms with Gasteiger partial charge in [0.2, 0.25) is 10.0 Å². The van der Waals surface area contributed by atoms with Crippen molar-refractivity contribution in [3.8, 4) is 0 Å². The van der Waals surface area contributed by atoms with E-state index in [0.29, 0.717) is 25.9 Å². The number of hydrogen-bond donors (Lipinski definition) is 1. The second kappa shape index (κ2) is 6.75. The summed E-state index contributed by atoms with van der Waals surface area (Å²) in [5.74, 6) is -0.862. The maximum Gasteiger partial charge on any atom is 0.303 e. The maximum atomic E-state index is 12.8. The van der Waals surface area contributed by atoms with Crippen LogP contribution < -0.4 is 0 Å². The number of carbonyl (C=O) groups is 1. The van der Waals surface area contributed by atoms with E-state index in [2.05, 4.69) is 0 Å². The van der Waals surface area contributed by atoms with Gasteiger partial charge in [0, 0.05) is 19.5 Å². The van der Waals surface area contributed by atoms with Gasteiger partial charge in [0.1, 0.15) is 0 Å². The number of nitrogens with zero attached hydrogens (tertiary/aromatic N) is 1. The third-order valence-electron chi connectivity index (χ3n) is 4.28. The molecule has 3 rings (SSSR count). The van der Waals surface area contributed by atoms with Gasteiger partial charge in [0.15, 0.2) is 0 Å². The second-order valence-corrected chi connectivity index (χ2v) is 7.83. The van der Waals surface area contributed by atoms with Gasteiger partial charge in [-0.15, -0.1) is 0 Å². The third kappa shape index (κ3) is 3.49. The highest BCUT2D eigenvalue weighted by Crippen LogP contribution is 2.25. The summed E-state index contributed by atoms with van der Waals surface area (Å²) in [6.07, 6.45) is 1.15. The number of carboxylic acid groups (broad SMARTS) is 1. The van der Waals surface area contributed by atoms with E-state index < -0.39 is 16.0 Å². The topological polar surface area (TPSA) is 74.7 Å². The molecule has 6 heteroatoms. The summed E-state index contributed by atoms with van der Waals surface area (Å²) in [6.45, 7) is 0.861. The molecule has 0 fully saturated rings. The molecule has 2 aromatic rings. The van der Waals surface area contributed by atoms with Crippen molar-refractivity contribution in [3.05, 3.63) is 65.2 Å². The highest BCUT2D eigenvalue weighted by atomic mass is 32.2. The molecule has 5 nitrogen and oxygen atoms in total. The van der Waals surface area contributed by atoms with Crippen LogP contribution in [0, 0.1) is 0 Å². The second-order valence-electron chi connectivity index (χ2n) is 5.89. The van der Waals surface area contributed by atoms with Gasteiger partial charge in [0.05, 0.1) is 4.90 Å². The van der Waals surface area contributed by atoms with Crippen LogP contribution in [0.1, 0.15) is 23.1 Å². The molecule has 0 atom stereocenters. The molecule has 2 aromatic carbocycles. The molecule has 126 valence electrons. The van der Waals surface area contributed by atoms with Gasteiger partial charge in [-0.2, -0.15) is 4.31 Å². The zero-order valence-corrected chi connectivity index (χ0v) is 14.0. The van der Waals surface area contributed by atoms with Crippen LogP contribution in [0.3, 0.4) is 0 Å². The van der Waals surface area contributed by atoms with Crippen molar-refractivity contribution in [2.75, 3.05) is 6.54 Å². The van der Waals surface area contributed by atoms with Crippen LogP contribution in [0.2, 0.25) is 0 Å². The summed E-state index contributed by atoms with van der Waals surface area (Å²) < 4.78 is 27.1. The molecule has 0 bridgehead atoms. The van der Waals surface area contributed by atoms with Crippen molar-refractivity contribution in [1.82, 2.24) is 4.31 Å². The molecule has 24 heavy (non-hydrogen) atoms. The Bertz CT molecular complexity index is 844. The Hall–Kier alpha value is -2.18. The number of benzene rings is 2. The number of fused-ring (bicyclic) bond motifs is 1. The predicted molar refractivity (Wildman–Crippen MR) is 90.1 cm³/mol. The molecule has 1 aliphatic heterocycles. The number of rotatable bonds is 5. The summed E-state index contributed by atoms with van der Waals surface area (Å²) in [4.78, 5) is 10.9. The van der Waals surface area contributed by atoms with Crippen LogP contribution in [0.5, 0.6) is 0 Å². The van der Waals surface area contributed by atoms with Gasteiger partial charge in [-0.3, -0.25) is 4.79 Å². The number of aliphatic carboxylic acids is 1. The van der Waals surface area contributed by atoms with Crippen molar-refractivity contribution in [3.63, 3.8) is 0 Å². The van der Waals surface area contributed by atoms with E-state index in [-0.39, 0.29) is 11.3 Å². The SMILES string of the molecule is O=C(O)CCc1ccc(S(=O)(=O)N2CCc3ccccc3C2)cc1. The smallest absolute Gasteiger partial charge is 0.303 e. The highest BCUT2D eigenvalue weighted by molar-refractivity contribution is 7.89. The molecular formula is C18H19NO4S. The Morgan fingerprint density at radius 3 is 2.38 bits per heavy atom. The zero-order chi connectivity index (χ0) is 17.2. The molecule has 0 saturated heterocycles. The molecule has 0 unspecified atom stereocenters. The molecule has 1 heterocycles. The standard InChI is InChI=1S/C18H19NO4S/c20-18(21)10-7-14-5-8-17(9-6-14)24(22,23)19-12-11-15-3-1-2-4-16(15)13-19/h1-6,8-9H,7,10-13H2,(H,20,21). The number of aryl methyl sites for hydroxylation is 1. The van der Waals surface area contributed by atoms with Crippen LogP contribution >= 0.6 is 0 Å². The first kappa shape index (κ1) is 16.7. The number of sulfonamides is 1. The van der Waals surface area contributed by atoms with Gasteiger partial charge in [-0.05, 0) is 41.7 Å². The summed E-state index contributed by atoms with van der Waals surface area (Å²) in [5.41, 5.74) is 3.07. The first-order valence-electron chi connectivity index (χ1n) is 7.84. The van der Waals surface area contributed by atoms with Crippen LogP contribution in [0.15, 0.2) is 53.4 Å². The fourth-order valence-corrected chi connectivity index (χ4v) is 4.32. The summed E-state index contributed by atoms with van der Waals surface area (Å²) >= 11 is 0. The Balaban J connectivity index is 1.77. The average molecular weight is 345 g/mol. The van der Waals surface area contributed by atoms with Crippen molar-refractivity contribution in [1.29, 1.82) is 0 Å². The van der Waals surface area contributed by atoms with E-state index in [1.54, 1.807) is 24.3 Å². The highest BCUT2D eigenvalue weighted by Gasteiger charge is 2.27. The number of carboxylic acids is 1. The van der Waals surface area contributed by atoms with Crippen LogP contribution in [-0.2, 0) is 34.2 Å². The Kier molecular flexibility index (Phi) is 4.69. The number of hydrogen-bond acceptors (Lipinski definition) is 3.